The molecule has 104 valence electrons. The molecule has 1 aromatic carbocycles. The van der Waals surface area contributed by atoms with Crippen LogP contribution in [0.1, 0.15) is 17.4 Å². The SMILES string of the molecule is CCNC(=O)c1ccc(Oc2cccc(O)c2N)nn1. The molecule has 0 saturated carbocycles. The van der Waals surface area contributed by atoms with Crippen molar-refractivity contribution in [3.63, 3.8) is 0 Å². The molecular weight excluding hydrogens is 260 g/mol. The summed E-state index contributed by atoms with van der Waals surface area (Å²) in [5.41, 5.74) is 5.97. The zero-order valence-electron chi connectivity index (χ0n) is 10.8. The summed E-state index contributed by atoms with van der Waals surface area (Å²) in [5.74, 6) is 0.0678. The van der Waals surface area contributed by atoms with Gasteiger partial charge in [-0.05, 0) is 25.1 Å². The van der Waals surface area contributed by atoms with Gasteiger partial charge in [0, 0.05) is 12.6 Å². The van der Waals surface area contributed by atoms with Crippen molar-refractivity contribution in [2.24, 2.45) is 0 Å². The van der Waals surface area contributed by atoms with Gasteiger partial charge in [-0.1, -0.05) is 6.07 Å². The number of nitrogen functional groups attached to an aromatic ring is 1. The van der Waals surface area contributed by atoms with E-state index in [0.717, 1.165) is 0 Å². The highest BCUT2D eigenvalue weighted by atomic mass is 16.5. The number of hydrogen-bond donors (Lipinski definition) is 3. The standard InChI is InChI=1S/C13H14N4O3/c1-2-15-13(19)8-6-7-11(17-16-8)20-10-5-3-4-9(18)12(10)14/h3-7,18H,2,14H2,1H3,(H,15,19). The van der Waals surface area contributed by atoms with Crippen LogP contribution in [0.15, 0.2) is 30.3 Å². The zero-order chi connectivity index (χ0) is 14.5. The summed E-state index contributed by atoms with van der Waals surface area (Å²) in [7, 11) is 0. The van der Waals surface area contributed by atoms with Crippen LogP contribution >= 0.6 is 0 Å². The second kappa shape index (κ2) is 5.87. The number of phenols is 1. The van der Waals surface area contributed by atoms with Crippen LogP contribution in [0.4, 0.5) is 5.69 Å². The second-order valence-corrected chi connectivity index (χ2v) is 3.91. The Kier molecular flexibility index (Phi) is 3.99. The molecular formula is C13H14N4O3. The minimum absolute atomic E-state index is 0.0746. The number of para-hydroxylation sites is 1. The number of rotatable bonds is 4. The summed E-state index contributed by atoms with van der Waals surface area (Å²) in [6, 6.07) is 7.63. The van der Waals surface area contributed by atoms with E-state index in [1.165, 1.54) is 18.2 Å². The summed E-state index contributed by atoms with van der Waals surface area (Å²) in [6.45, 7) is 2.33. The number of hydrogen-bond acceptors (Lipinski definition) is 6. The lowest BCUT2D eigenvalue weighted by Crippen LogP contribution is -2.23. The number of ether oxygens (including phenoxy) is 1. The van der Waals surface area contributed by atoms with Crippen molar-refractivity contribution in [2.45, 2.75) is 6.92 Å². The minimum atomic E-state index is -0.302. The molecule has 2 rings (SSSR count). The Labute approximate surface area is 115 Å². The van der Waals surface area contributed by atoms with Crippen molar-refractivity contribution in [1.29, 1.82) is 0 Å². The fraction of sp³-hybridized carbons (Fsp3) is 0.154. The Morgan fingerprint density at radius 1 is 1.35 bits per heavy atom. The van der Waals surface area contributed by atoms with Gasteiger partial charge in [0.05, 0.1) is 0 Å². The Balaban J connectivity index is 2.15. The molecule has 4 N–H and O–H groups in total. The quantitative estimate of drug-likeness (QED) is 0.572. The van der Waals surface area contributed by atoms with Crippen LogP contribution in [0.2, 0.25) is 0 Å². The molecule has 0 aliphatic rings. The molecule has 20 heavy (non-hydrogen) atoms. The lowest BCUT2D eigenvalue weighted by Gasteiger charge is -2.08. The highest BCUT2D eigenvalue weighted by molar-refractivity contribution is 5.92. The number of nitrogens with zero attached hydrogens (tertiary/aromatic N) is 2. The monoisotopic (exact) mass is 274 g/mol. The van der Waals surface area contributed by atoms with Crippen molar-refractivity contribution in [2.75, 3.05) is 12.3 Å². The number of aromatic hydroxyl groups is 1. The van der Waals surface area contributed by atoms with Gasteiger partial charge < -0.3 is 20.9 Å². The van der Waals surface area contributed by atoms with Crippen molar-refractivity contribution in [3.05, 3.63) is 36.0 Å². The largest absolute Gasteiger partial charge is 0.506 e. The molecule has 0 radical (unpaired) electrons. The fourth-order valence-electron chi connectivity index (χ4n) is 1.48. The summed E-state index contributed by atoms with van der Waals surface area (Å²) < 4.78 is 5.39. The Bertz CT molecular complexity index is 614. The van der Waals surface area contributed by atoms with Crippen LogP contribution in [-0.4, -0.2) is 27.8 Å². The minimum Gasteiger partial charge on any atom is -0.506 e. The van der Waals surface area contributed by atoms with Gasteiger partial charge in [0.2, 0.25) is 5.88 Å². The van der Waals surface area contributed by atoms with Gasteiger partial charge in [0.1, 0.15) is 11.4 Å². The number of benzene rings is 1. The fourth-order valence-corrected chi connectivity index (χ4v) is 1.48. The molecule has 7 nitrogen and oxygen atoms in total. The summed E-state index contributed by atoms with van der Waals surface area (Å²) in [4.78, 5) is 11.5. The molecule has 1 heterocycles. The lowest BCUT2D eigenvalue weighted by atomic mass is 10.3. The van der Waals surface area contributed by atoms with E-state index < -0.39 is 0 Å². The maximum absolute atomic E-state index is 11.5. The first kappa shape index (κ1) is 13.6. The van der Waals surface area contributed by atoms with Gasteiger partial charge in [-0.25, -0.2) is 0 Å². The summed E-state index contributed by atoms with van der Waals surface area (Å²) >= 11 is 0. The van der Waals surface area contributed by atoms with Crippen LogP contribution < -0.4 is 15.8 Å². The average molecular weight is 274 g/mol. The van der Waals surface area contributed by atoms with Crippen molar-refractivity contribution < 1.29 is 14.6 Å². The van der Waals surface area contributed by atoms with E-state index in [-0.39, 0.29) is 34.7 Å². The summed E-state index contributed by atoms with van der Waals surface area (Å²) in [6.07, 6.45) is 0. The number of nitrogens with two attached hydrogens (primary N) is 1. The molecule has 0 aliphatic carbocycles. The maximum Gasteiger partial charge on any atom is 0.271 e. The number of anilines is 1. The zero-order valence-corrected chi connectivity index (χ0v) is 10.8. The van der Waals surface area contributed by atoms with Gasteiger partial charge in [0.25, 0.3) is 5.91 Å². The highest BCUT2D eigenvalue weighted by Crippen LogP contribution is 2.32. The van der Waals surface area contributed by atoms with Gasteiger partial charge >= 0.3 is 0 Å². The van der Waals surface area contributed by atoms with Gasteiger partial charge in [0.15, 0.2) is 11.4 Å². The van der Waals surface area contributed by atoms with E-state index >= 15 is 0 Å². The average Bonchev–Trinajstić information content (AvgIpc) is 2.45. The van der Waals surface area contributed by atoms with E-state index in [1.807, 2.05) is 6.92 Å². The van der Waals surface area contributed by atoms with Crippen molar-refractivity contribution in [1.82, 2.24) is 15.5 Å². The molecule has 0 fully saturated rings. The Morgan fingerprint density at radius 2 is 2.15 bits per heavy atom. The molecule has 0 spiro atoms. The number of carbonyl (C=O) groups is 1. The van der Waals surface area contributed by atoms with Gasteiger partial charge in [-0.3, -0.25) is 4.79 Å². The van der Waals surface area contributed by atoms with Crippen LogP contribution in [0.25, 0.3) is 0 Å². The molecule has 7 heteroatoms. The van der Waals surface area contributed by atoms with Crippen LogP contribution in [0.3, 0.4) is 0 Å². The number of amides is 1. The predicted molar refractivity (Wildman–Crippen MR) is 72.6 cm³/mol. The number of nitrogens with one attached hydrogen (secondary N) is 1. The Hall–Kier alpha value is -2.83. The highest BCUT2D eigenvalue weighted by Gasteiger charge is 2.09. The number of carbonyl (C=O) groups excluding carboxylic acids is 1. The molecule has 1 aromatic heterocycles. The van der Waals surface area contributed by atoms with Crippen LogP contribution in [0, 0.1) is 0 Å². The third kappa shape index (κ3) is 2.94. The molecule has 0 atom stereocenters. The third-order valence-corrected chi connectivity index (χ3v) is 2.47. The maximum atomic E-state index is 11.5. The Morgan fingerprint density at radius 3 is 2.80 bits per heavy atom. The van der Waals surface area contributed by atoms with E-state index in [1.54, 1.807) is 12.1 Å². The van der Waals surface area contributed by atoms with Crippen LogP contribution in [0.5, 0.6) is 17.4 Å². The first-order chi connectivity index (χ1) is 9.61. The van der Waals surface area contributed by atoms with Crippen molar-refractivity contribution in [3.8, 4) is 17.4 Å². The van der Waals surface area contributed by atoms with E-state index in [9.17, 15) is 9.90 Å². The molecule has 0 unspecified atom stereocenters. The van der Waals surface area contributed by atoms with E-state index in [0.29, 0.717) is 6.54 Å². The van der Waals surface area contributed by atoms with E-state index in [2.05, 4.69) is 15.5 Å². The topological polar surface area (TPSA) is 110 Å². The molecule has 2 aromatic rings. The predicted octanol–water partition coefficient (Wildman–Crippen LogP) is 1.31. The van der Waals surface area contributed by atoms with Gasteiger partial charge in [-0.2, -0.15) is 0 Å². The second-order valence-electron chi connectivity index (χ2n) is 3.91. The number of phenolic OH excluding ortho intramolecular Hbond substituents is 1. The normalized spacial score (nSPS) is 10.1. The first-order valence-electron chi connectivity index (χ1n) is 5.99. The molecule has 0 bridgehead atoms. The van der Waals surface area contributed by atoms with Crippen LogP contribution in [-0.2, 0) is 0 Å². The smallest absolute Gasteiger partial charge is 0.271 e. The van der Waals surface area contributed by atoms with Crippen molar-refractivity contribution >= 4 is 11.6 Å². The van der Waals surface area contributed by atoms with E-state index in [4.69, 9.17) is 10.5 Å². The molecule has 1 amide bonds. The third-order valence-electron chi connectivity index (χ3n) is 2.47. The van der Waals surface area contributed by atoms with Gasteiger partial charge in [-0.15, -0.1) is 10.2 Å². The molecule has 0 saturated heterocycles. The molecule has 0 aliphatic heterocycles. The first-order valence-corrected chi connectivity index (χ1v) is 5.99. The summed E-state index contributed by atoms with van der Waals surface area (Å²) in [5, 5.41) is 19.6. The number of aromatic nitrogens is 2. The lowest BCUT2D eigenvalue weighted by molar-refractivity contribution is 0.0949.